The molecule has 4 rings (SSSR count). The van der Waals surface area contributed by atoms with Crippen molar-refractivity contribution in [3.8, 4) is 11.5 Å². The summed E-state index contributed by atoms with van der Waals surface area (Å²) in [4.78, 5) is 64.9. The number of hydrogen-bond donors (Lipinski definition) is 0. The molecule has 35 heavy (non-hydrogen) atoms. The van der Waals surface area contributed by atoms with E-state index in [9.17, 15) is 24.0 Å². The van der Waals surface area contributed by atoms with E-state index in [0.717, 1.165) is 0 Å². The lowest BCUT2D eigenvalue weighted by molar-refractivity contribution is -0.133. The number of esters is 2. The first-order valence-corrected chi connectivity index (χ1v) is 10.9. The number of fused-ring (bicyclic) bond motifs is 2. The van der Waals surface area contributed by atoms with E-state index in [1.165, 1.54) is 18.5 Å². The standard InChI is InChI=1S/C26H22N2O7/c1-6-28-21-19(20(27-28)22(31)16-10-8-7-9-11-16)23(32)17-18(24(21)33)26(35-15(5)30)13(3)12(2)25(17)34-14(4)29/h7-11H,6H2,1-5H3. The molecule has 1 aliphatic rings. The van der Waals surface area contributed by atoms with Crippen LogP contribution in [0.5, 0.6) is 11.5 Å². The zero-order valence-electron chi connectivity index (χ0n) is 19.8. The fourth-order valence-corrected chi connectivity index (χ4v) is 4.18. The molecule has 0 atom stereocenters. The van der Waals surface area contributed by atoms with Crippen LogP contribution < -0.4 is 9.47 Å². The van der Waals surface area contributed by atoms with Crippen molar-refractivity contribution in [2.75, 3.05) is 0 Å². The number of aromatic nitrogens is 2. The van der Waals surface area contributed by atoms with E-state index in [1.54, 1.807) is 51.1 Å². The van der Waals surface area contributed by atoms with E-state index in [2.05, 4.69) is 5.10 Å². The van der Waals surface area contributed by atoms with Crippen molar-refractivity contribution in [2.45, 2.75) is 41.2 Å². The molecule has 0 bridgehead atoms. The van der Waals surface area contributed by atoms with Gasteiger partial charge < -0.3 is 9.47 Å². The Balaban J connectivity index is 2.07. The highest BCUT2D eigenvalue weighted by Gasteiger charge is 2.43. The number of benzene rings is 2. The number of ether oxygens (including phenoxy) is 2. The maximum absolute atomic E-state index is 14.0. The van der Waals surface area contributed by atoms with E-state index in [-0.39, 0.29) is 46.1 Å². The van der Waals surface area contributed by atoms with Gasteiger partial charge in [-0.3, -0.25) is 28.7 Å². The molecule has 0 saturated heterocycles. The number of nitrogens with zero attached hydrogens (tertiary/aromatic N) is 2. The quantitative estimate of drug-likeness (QED) is 0.245. The lowest BCUT2D eigenvalue weighted by Gasteiger charge is -2.24. The first-order chi connectivity index (χ1) is 16.6. The Morgan fingerprint density at radius 2 is 1.34 bits per heavy atom. The third-order valence-corrected chi connectivity index (χ3v) is 5.84. The van der Waals surface area contributed by atoms with E-state index in [1.807, 2.05) is 0 Å². The summed E-state index contributed by atoms with van der Waals surface area (Å²) in [5.41, 5.74) is 0.112. The highest BCUT2D eigenvalue weighted by molar-refractivity contribution is 6.33. The van der Waals surface area contributed by atoms with Crippen molar-refractivity contribution in [1.29, 1.82) is 0 Å². The van der Waals surface area contributed by atoms with Crippen LogP contribution in [0.2, 0.25) is 0 Å². The summed E-state index contributed by atoms with van der Waals surface area (Å²) in [5.74, 6) is -3.52. The van der Waals surface area contributed by atoms with Gasteiger partial charge in [0.25, 0.3) is 0 Å². The van der Waals surface area contributed by atoms with Crippen LogP contribution in [0, 0.1) is 13.8 Å². The van der Waals surface area contributed by atoms with Gasteiger partial charge in [-0.15, -0.1) is 0 Å². The average molecular weight is 474 g/mol. The predicted octanol–water partition coefficient (Wildman–Crippen LogP) is 3.38. The van der Waals surface area contributed by atoms with Crippen molar-refractivity contribution >= 4 is 29.3 Å². The molecule has 0 spiro atoms. The van der Waals surface area contributed by atoms with E-state index in [4.69, 9.17) is 9.47 Å². The molecular weight excluding hydrogens is 452 g/mol. The molecule has 3 aromatic rings. The summed E-state index contributed by atoms with van der Waals surface area (Å²) in [6.45, 7) is 7.43. The Labute approximate surface area is 200 Å². The van der Waals surface area contributed by atoms with Crippen LogP contribution in [-0.4, -0.2) is 39.1 Å². The molecule has 9 heteroatoms. The minimum Gasteiger partial charge on any atom is -0.426 e. The second-order valence-electron chi connectivity index (χ2n) is 8.09. The number of carbonyl (C=O) groups is 5. The van der Waals surface area contributed by atoms with E-state index in [0.29, 0.717) is 16.7 Å². The van der Waals surface area contributed by atoms with Crippen molar-refractivity contribution in [3.05, 3.63) is 75.1 Å². The maximum Gasteiger partial charge on any atom is 0.308 e. The smallest absolute Gasteiger partial charge is 0.308 e. The summed E-state index contributed by atoms with van der Waals surface area (Å²) in [6, 6.07) is 8.26. The Morgan fingerprint density at radius 3 is 1.83 bits per heavy atom. The summed E-state index contributed by atoms with van der Waals surface area (Å²) in [6.07, 6.45) is 0. The second-order valence-corrected chi connectivity index (χ2v) is 8.09. The monoisotopic (exact) mass is 474 g/mol. The SMILES string of the molecule is CCn1nc(C(=O)c2ccccc2)c2c1C(=O)c1c(OC(C)=O)c(C)c(C)c(OC(C)=O)c1C2=O. The molecular formula is C26H22N2O7. The van der Waals surface area contributed by atoms with Crippen molar-refractivity contribution in [1.82, 2.24) is 9.78 Å². The van der Waals surface area contributed by atoms with Crippen LogP contribution in [0.4, 0.5) is 0 Å². The molecule has 0 unspecified atom stereocenters. The van der Waals surface area contributed by atoms with Gasteiger partial charge in [0.1, 0.15) is 22.9 Å². The van der Waals surface area contributed by atoms with Crippen molar-refractivity contribution < 1.29 is 33.4 Å². The van der Waals surface area contributed by atoms with Gasteiger partial charge in [-0.25, -0.2) is 0 Å². The largest absolute Gasteiger partial charge is 0.426 e. The Morgan fingerprint density at radius 1 is 0.829 bits per heavy atom. The van der Waals surface area contributed by atoms with Gasteiger partial charge in [-0.1, -0.05) is 30.3 Å². The lowest BCUT2D eigenvalue weighted by atomic mass is 9.82. The maximum atomic E-state index is 14.0. The summed E-state index contributed by atoms with van der Waals surface area (Å²) >= 11 is 0. The van der Waals surface area contributed by atoms with Gasteiger partial charge in [-0.2, -0.15) is 5.10 Å². The molecule has 1 heterocycles. The minimum atomic E-state index is -0.721. The minimum absolute atomic E-state index is 0.0882. The number of rotatable bonds is 5. The fraction of sp³-hybridized carbons (Fsp3) is 0.231. The molecule has 0 radical (unpaired) electrons. The van der Waals surface area contributed by atoms with Crippen LogP contribution in [0.3, 0.4) is 0 Å². The van der Waals surface area contributed by atoms with Crippen LogP contribution in [-0.2, 0) is 16.1 Å². The first kappa shape index (κ1) is 23.7. The molecule has 0 fully saturated rings. The van der Waals surface area contributed by atoms with Gasteiger partial charge in [0.2, 0.25) is 17.3 Å². The first-order valence-electron chi connectivity index (χ1n) is 10.9. The topological polar surface area (TPSA) is 122 Å². The molecule has 1 aromatic heterocycles. The molecule has 178 valence electrons. The molecule has 0 amide bonds. The number of aryl methyl sites for hydroxylation is 1. The number of ketones is 3. The molecule has 0 saturated carbocycles. The zero-order valence-corrected chi connectivity index (χ0v) is 19.8. The number of hydrogen-bond acceptors (Lipinski definition) is 8. The highest BCUT2D eigenvalue weighted by Crippen LogP contribution is 2.44. The van der Waals surface area contributed by atoms with Gasteiger partial charge in [0.05, 0.1) is 16.7 Å². The van der Waals surface area contributed by atoms with Gasteiger partial charge >= 0.3 is 11.9 Å². The van der Waals surface area contributed by atoms with Crippen LogP contribution in [0.25, 0.3) is 0 Å². The Hall–Kier alpha value is -4.40. The highest BCUT2D eigenvalue weighted by atomic mass is 16.5. The summed E-state index contributed by atoms with van der Waals surface area (Å²) in [7, 11) is 0. The number of carbonyl (C=O) groups excluding carboxylic acids is 5. The second kappa shape index (κ2) is 8.75. The van der Waals surface area contributed by atoms with Crippen LogP contribution in [0.1, 0.15) is 79.9 Å². The molecule has 9 nitrogen and oxygen atoms in total. The summed E-state index contributed by atoms with van der Waals surface area (Å²) < 4.78 is 12.0. The fourth-order valence-electron chi connectivity index (χ4n) is 4.18. The van der Waals surface area contributed by atoms with E-state index >= 15 is 0 Å². The third-order valence-electron chi connectivity index (χ3n) is 5.84. The van der Waals surface area contributed by atoms with Crippen molar-refractivity contribution in [3.63, 3.8) is 0 Å². The van der Waals surface area contributed by atoms with Crippen LogP contribution in [0.15, 0.2) is 30.3 Å². The Kier molecular flexibility index (Phi) is 5.94. The van der Waals surface area contributed by atoms with Gasteiger partial charge in [-0.05, 0) is 31.9 Å². The summed E-state index contributed by atoms with van der Waals surface area (Å²) in [5, 5.41) is 4.31. The van der Waals surface area contributed by atoms with Gasteiger partial charge in [0.15, 0.2) is 0 Å². The lowest BCUT2D eigenvalue weighted by Crippen LogP contribution is -2.27. The van der Waals surface area contributed by atoms with E-state index < -0.39 is 29.3 Å². The third kappa shape index (κ3) is 3.74. The normalized spacial score (nSPS) is 12.1. The molecule has 0 aliphatic heterocycles. The van der Waals surface area contributed by atoms with Gasteiger partial charge in [0, 0.05) is 26.0 Å². The Bertz CT molecular complexity index is 1450. The predicted molar refractivity (Wildman–Crippen MR) is 123 cm³/mol. The zero-order chi connectivity index (χ0) is 25.6. The molecule has 0 N–H and O–H groups in total. The molecule has 2 aromatic carbocycles. The average Bonchev–Trinajstić information content (AvgIpc) is 3.22. The van der Waals surface area contributed by atoms with Crippen molar-refractivity contribution in [2.24, 2.45) is 0 Å². The van der Waals surface area contributed by atoms with Crippen LogP contribution >= 0.6 is 0 Å². The molecule has 1 aliphatic carbocycles.